The normalized spacial score (nSPS) is 13.5. The number of rotatable bonds is 5. The third kappa shape index (κ3) is 6.89. The molecule has 0 aliphatic heterocycles. The van der Waals surface area contributed by atoms with Crippen LogP contribution in [0.5, 0.6) is 0 Å². The third-order valence-corrected chi connectivity index (χ3v) is 8.02. The van der Waals surface area contributed by atoms with E-state index in [9.17, 15) is 4.39 Å². The molecule has 5 aromatic carbocycles. The van der Waals surface area contributed by atoms with E-state index in [4.69, 9.17) is 9.90 Å². The zero-order chi connectivity index (χ0) is 35.6. The summed E-state index contributed by atoms with van der Waals surface area (Å²) in [6.45, 7) is -0.389. The Hall–Kier alpha value is -5.22. The van der Waals surface area contributed by atoms with Gasteiger partial charge in [0.25, 0.3) is 0 Å². The number of hydrogen-bond donors (Lipinski definition) is 0. The van der Waals surface area contributed by atoms with Gasteiger partial charge >= 0.3 is 0 Å². The van der Waals surface area contributed by atoms with Crippen molar-refractivity contribution < 1.29 is 34.4 Å². The molecule has 48 heavy (non-hydrogen) atoms. The number of nitrogens with zero attached hydrogens (tertiary/aromatic N) is 2. The Balaban J connectivity index is 0.000000186. The van der Waals surface area contributed by atoms with Gasteiger partial charge in [0, 0.05) is 55.3 Å². The fourth-order valence-corrected chi connectivity index (χ4v) is 5.57. The smallest absolute Gasteiger partial charge is 0.126 e. The maximum atomic E-state index is 13.7. The molecule has 0 fully saturated rings. The molecule has 3 heterocycles. The average Bonchev–Trinajstić information content (AvgIpc) is 3.53. The Morgan fingerprint density at radius 3 is 2.31 bits per heavy atom. The molecule has 0 amide bonds. The van der Waals surface area contributed by atoms with Crippen LogP contribution in [0.3, 0.4) is 0 Å². The number of pyridine rings is 2. The van der Waals surface area contributed by atoms with Crippen LogP contribution in [0, 0.1) is 24.8 Å². The van der Waals surface area contributed by atoms with Crippen molar-refractivity contribution in [2.45, 2.75) is 19.7 Å². The van der Waals surface area contributed by atoms with E-state index >= 15 is 0 Å². The molecule has 8 rings (SSSR count). The summed E-state index contributed by atoms with van der Waals surface area (Å²) in [6.07, 6.45) is 3.15. The minimum absolute atomic E-state index is 0. The maximum absolute atomic E-state index is 13.7. The number of aryl methyl sites for hydroxylation is 1. The molecule has 0 aliphatic rings. The van der Waals surface area contributed by atoms with E-state index in [1.807, 2.05) is 110 Å². The van der Waals surface area contributed by atoms with Crippen molar-refractivity contribution in [2.75, 3.05) is 0 Å². The number of aromatic nitrogens is 2. The molecule has 0 spiro atoms. The van der Waals surface area contributed by atoms with Gasteiger partial charge in [-0.3, -0.25) is 0 Å². The first-order valence-corrected chi connectivity index (χ1v) is 15.2. The summed E-state index contributed by atoms with van der Waals surface area (Å²) in [4.78, 5) is 8.82. The van der Waals surface area contributed by atoms with Gasteiger partial charge in [0.1, 0.15) is 11.4 Å². The number of halogens is 1. The van der Waals surface area contributed by atoms with Crippen LogP contribution in [0.1, 0.15) is 35.0 Å². The molecule has 3 aromatic heterocycles. The Morgan fingerprint density at radius 2 is 1.54 bits per heavy atom. The van der Waals surface area contributed by atoms with Gasteiger partial charge in [0.05, 0.1) is 5.58 Å². The monoisotopic (exact) mass is 807 g/mol. The predicted octanol–water partition coefficient (Wildman–Crippen LogP) is 11.3. The second-order valence-electron chi connectivity index (χ2n) is 11.0. The van der Waals surface area contributed by atoms with Gasteiger partial charge in [-0.2, -0.15) is 0 Å². The van der Waals surface area contributed by atoms with Crippen molar-refractivity contribution >= 4 is 21.9 Å². The van der Waals surface area contributed by atoms with Gasteiger partial charge in [-0.05, 0) is 64.3 Å². The Morgan fingerprint density at radius 1 is 0.750 bits per heavy atom. The molecular weight excluding hydrogens is 772 g/mol. The molecule has 1 radical (unpaired) electrons. The molecule has 8 aromatic rings. The van der Waals surface area contributed by atoms with Crippen molar-refractivity contribution in [1.29, 1.82) is 0 Å². The van der Waals surface area contributed by atoms with Crippen molar-refractivity contribution in [3.05, 3.63) is 180 Å². The molecule has 5 heteroatoms. The van der Waals surface area contributed by atoms with Crippen LogP contribution in [0.4, 0.5) is 4.39 Å². The first-order valence-electron chi connectivity index (χ1n) is 17.2. The van der Waals surface area contributed by atoms with Crippen molar-refractivity contribution in [3.8, 4) is 33.6 Å². The van der Waals surface area contributed by atoms with E-state index < -0.39 is 12.7 Å². The molecule has 1 unspecified atom stereocenters. The molecular formula is C43H31FIrN2O-2. The van der Waals surface area contributed by atoms with Crippen molar-refractivity contribution in [3.63, 3.8) is 0 Å². The fraction of sp³-hybridized carbons (Fsp3) is 0.0698. The van der Waals surface area contributed by atoms with Crippen LogP contribution in [0.25, 0.3) is 55.6 Å². The SMILES string of the molecule is [2H]C(C)(c1ccccc1)c1ccnc(-c2[c-]cccc2)c1.[2H]C([2H])([2H])c1cnc(-c2[c-]ccc3c2oc2cc(F)ccc23)cc1-c1ccccc1.[Ir]. The van der Waals surface area contributed by atoms with Crippen LogP contribution < -0.4 is 0 Å². The zero-order valence-electron chi connectivity index (χ0n) is 29.9. The quantitative estimate of drug-likeness (QED) is 0.163. The average molecular weight is 807 g/mol. The molecule has 1 atom stereocenters. The van der Waals surface area contributed by atoms with Gasteiger partial charge in [0.2, 0.25) is 0 Å². The second-order valence-corrected chi connectivity index (χ2v) is 11.0. The second kappa shape index (κ2) is 14.7. The van der Waals surface area contributed by atoms with E-state index in [0.717, 1.165) is 38.7 Å². The summed E-state index contributed by atoms with van der Waals surface area (Å²) in [6, 6.07) is 47.0. The van der Waals surface area contributed by atoms with Gasteiger partial charge < -0.3 is 14.4 Å². The number of fused-ring (bicyclic) bond motifs is 3. The minimum atomic E-state index is -2.30. The Bertz CT molecular complexity index is 2450. The first-order chi connectivity index (χ1) is 24.6. The summed E-state index contributed by atoms with van der Waals surface area (Å²) in [7, 11) is 0. The van der Waals surface area contributed by atoms with Crippen LogP contribution in [-0.4, -0.2) is 9.97 Å². The largest absolute Gasteiger partial charge is 0.500 e. The summed E-state index contributed by atoms with van der Waals surface area (Å²) in [5, 5.41) is 1.62. The topological polar surface area (TPSA) is 38.9 Å². The molecule has 0 saturated heterocycles. The van der Waals surface area contributed by atoms with E-state index in [1.54, 1.807) is 24.4 Å². The zero-order valence-corrected chi connectivity index (χ0v) is 28.3. The standard InChI is InChI=1S/C24H15FNO.C19H16N.Ir/c1-15-14-26-22(13-21(15)16-6-3-2-4-7-16)20-9-5-8-19-18-11-10-17(25)12-23(18)27-24(19)20;1-15(16-8-4-2-5-9-16)18-12-13-20-19(14-18)17-10-6-3-7-11-17;/h2-8,10-14H,1H3;2-10,12-15H,1H3;/q2*-1;/i1D3;15D;. The van der Waals surface area contributed by atoms with E-state index in [-0.39, 0.29) is 31.5 Å². The van der Waals surface area contributed by atoms with Gasteiger partial charge in [-0.1, -0.05) is 90.7 Å². The van der Waals surface area contributed by atoms with E-state index in [2.05, 4.69) is 22.1 Å². The van der Waals surface area contributed by atoms with Gasteiger partial charge in [-0.15, -0.1) is 54.1 Å². The molecule has 237 valence electrons. The molecule has 0 saturated carbocycles. The third-order valence-electron chi connectivity index (χ3n) is 8.02. The number of benzene rings is 5. The number of hydrogen-bond acceptors (Lipinski definition) is 3. The van der Waals surface area contributed by atoms with E-state index in [0.29, 0.717) is 28.0 Å². The van der Waals surface area contributed by atoms with Crippen molar-refractivity contribution in [2.24, 2.45) is 0 Å². The van der Waals surface area contributed by atoms with Crippen LogP contribution in [0.2, 0.25) is 0 Å². The summed E-state index contributed by atoms with van der Waals surface area (Å²) < 4.78 is 52.0. The predicted molar refractivity (Wildman–Crippen MR) is 188 cm³/mol. The summed E-state index contributed by atoms with van der Waals surface area (Å²) in [5.74, 6) is -1.17. The molecule has 0 aliphatic carbocycles. The molecule has 0 bridgehead atoms. The Labute approximate surface area is 299 Å². The van der Waals surface area contributed by atoms with Crippen LogP contribution in [0.15, 0.2) is 150 Å². The maximum Gasteiger partial charge on any atom is 0.126 e. The van der Waals surface area contributed by atoms with Crippen LogP contribution >= 0.6 is 0 Å². The minimum Gasteiger partial charge on any atom is -0.500 e. The van der Waals surface area contributed by atoms with Gasteiger partial charge in [0.15, 0.2) is 0 Å². The summed E-state index contributed by atoms with van der Waals surface area (Å²) in [5.41, 5.74) is 7.33. The number of furan rings is 1. The first kappa shape index (κ1) is 27.9. The van der Waals surface area contributed by atoms with Crippen molar-refractivity contribution in [1.82, 2.24) is 9.97 Å². The van der Waals surface area contributed by atoms with Gasteiger partial charge in [-0.25, -0.2) is 4.39 Å². The van der Waals surface area contributed by atoms with Crippen LogP contribution in [-0.2, 0) is 20.1 Å². The Kier molecular flexibility index (Phi) is 8.52. The summed E-state index contributed by atoms with van der Waals surface area (Å²) >= 11 is 0. The molecule has 0 N–H and O–H groups in total. The fourth-order valence-electron chi connectivity index (χ4n) is 5.57. The van der Waals surface area contributed by atoms with E-state index in [1.165, 1.54) is 18.3 Å². The molecule has 3 nitrogen and oxygen atoms in total.